The van der Waals surface area contributed by atoms with Crippen LogP contribution in [0.3, 0.4) is 0 Å². The van der Waals surface area contributed by atoms with Gasteiger partial charge in [0.15, 0.2) is 0 Å². The minimum Gasteiger partial charge on any atom is -0.465 e. The second-order valence-electron chi connectivity index (χ2n) is 31.5. The summed E-state index contributed by atoms with van der Waals surface area (Å²) in [6, 6.07) is -8.09. The third-order valence-corrected chi connectivity index (χ3v) is 21.2. The summed E-state index contributed by atoms with van der Waals surface area (Å²) in [7, 11) is 11.2. The molecule has 7 N–H and O–H groups in total. The second kappa shape index (κ2) is 46.2. The highest BCUT2D eigenvalue weighted by atomic mass is 32.2. The van der Waals surface area contributed by atoms with Crippen molar-refractivity contribution in [3.8, 4) is 0 Å². The molecule has 1 heterocycles. The van der Waals surface area contributed by atoms with E-state index in [1.807, 2.05) is 55.4 Å². The Labute approximate surface area is 642 Å². The van der Waals surface area contributed by atoms with Crippen LogP contribution in [0, 0.1) is 41.4 Å². The van der Waals surface area contributed by atoms with Crippen LogP contribution in [-0.2, 0) is 57.5 Å². The molecule has 1 aliphatic heterocycles. The van der Waals surface area contributed by atoms with Crippen molar-refractivity contribution in [2.24, 2.45) is 41.4 Å². The molecule has 1 aliphatic rings. The lowest BCUT2D eigenvalue weighted by Gasteiger charge is -2.41. The van der Waals surface area contributed by atoms with E-state index in [2.05, 4.69) is 26.6 Å². The van der Waals surface area contributed by atoms with E-state index < -0.39 is 161 Å². The summed E-state index contributed by atoms with van der Waals surface area (Å²) in [6.07, 6.45) is 2.62. The molecule has 28 nitrogen and oxygen atoms in total. The Morgan fingerprint density at radius 1 is 0.495 bits per heavy atom. The average Bonchev–Trinajstić information content (AvgIpc) is 0.801. The number of carbonyl (C=O) groups is 13. The quantitative estimate of drug-likeness (QED) is 0.0411. The summed E-state index contributed by atoms with van der Waals surface area (Å²) in [5, 5.41) is 36.4. The summed E-state index contributed by atoms with van der Waals surface area (Å²) >= 11 is 1.34. The third-order valence-electron chi connectivity index (χ3n) is 20.0. The number of aliphatic hydroxyl groups is 2. The molecule has 107 heavy (non-hydrogen) atoms. The smallest absolute Gasteiger partial charge is 0.337 e. The van der Waals surface area contributed by atoms with Crippen molar-refractivity contribution in [3.63, 3.8) is 0 Å². The van der Waals surface area contributed by atoms with Crippen LogP contribution in [0.2, 0.25) is 0 Å². The van der Waals surface area contributed by atoms with Crippen LogP contribution >= 0.6 is 11.8 Å². The number of amides is 12. The van der Waals surface area contributed by atoms with Gasteiger partial charge in [-0.25, -0.2) is 4.79 Å². The van der Waals surface area contributed by atoms with E-state index in [1.54, 1.807) is 59.7 Å². The SMILES string of the molecule is CC[C@H]1NC(=O)[C@H]([C@H](O)[C@H](C)CCCCCCNC(=O)c2cccc(C(=O)OC)c2)N(C)C(=O)[C@@H](C(C)C)N(C)C(=O)[C@@H](CC(C)C)N(C)C(=O)[C@H](CC(C)C)N(C)C(=O)[C@H](C)NC(=O)[C@@H](C)NC(=O)[C@@H](CC(C)C)N(C)C(=O)[C@@H](C(C)C)NC(=O)[C@H](CC(C)C)N(C)C(=O)[C@@H](CSCCCCO)N(C)C1=O. The monoisotopic (exact) mass is 1530 g/mol. The minimum absolute atomic E-state index is 0.00389. The van der Waals surface area contributed by atoms with Crippen molar-refractivity contribution in [2.45, 2.75) is 260 Å². The van der Waals surface area contributed by atoms with Crippen LogP contribution in [0.1, 0.15) is 209 Å². The molecular formula is C78H134N12O16S. The number of ether oxygens (including phenoxy) is 1. The number of aliphatic hydroxyl groups excluding tert-OH is 2. The van der Waals surface area contributed by atoms with Crippen molar-refractivity contribution in [1.82, 2.24) is 60.9 Å². The number of carbonyl (C=O) groups excluding carboxylic acids is 13. The zero-order valence-electron chi connectivity index (χ0n) is 68.7. The molecule has 0 spiro atoms. The third kappa shape index (κ3) is 28.5. The summed E-state index contributed by atoms with van der Waals surface area (Å²) < 4.78 is 4.80. The number of hydrogen-bond donors (Lipinski definition) is 7. The van der Waals surface area contributed by atoms with Gasteiger partial charge in [-0.3, -0.25) is 57.5 Å². The van der Waals surface area contributed by atoms with E-state index in [0.29, 0.717) is 62.8 Å². The van der Waals surface area contributed by atoms with E-state index in [-0.39, 0.29) is 79.6 Å². The zero-order chi connectivity index (χ0) is 81.8. The van der Waals surface area contributed by atoms with E-state index in [0.717, 1.165) is 4.90 Å². The topological polar surface area (TPSA) is 354 Å². The zero-order valence-corrected chi connectivity index (χ0v) is 69.6. The number of nitrogens with zero attached hydrogens (tertiary/aromatic N) is 7. The number of rotatable bonds is 28. The molecule has 1 saturated heterocycles. The molecule has 1 aromatic carbocycles. The van der Waals surface area contributed by atoms with Gasteiger partial charge in [0.25, 0.3) is 5.91 Å². The van der Waals surface area contributed by atoms with Gasteiger partial charge in [-0.05, 0) is 137 Å². The first-order valence-electron chi connectivity index (χ1n) is 38.4. The maximum absolute atomic E-state index is 15.6. The van der Waals surface area contributed by atoms with Gasteiger partial charge >= 0.3 is 5.97 Å². The minimum atomic E-state index is -1.71. The highest BCUT2D eigenvalue weighted by Gasteiger charge is 2.47. The maximum Gasteiger partial charge on any atom is 0.337 e. The Kier molecular flexibility index (Phi) is 41.3. The molecule has 1 fully saturated rings. The average molecular weight is 1530 g/mol. The van der Waals surface area contributed by atoms with Gasteiger partial charge in [-0.15, -0.1) is 0 Å². The fourth-order valence-electron chi connectivity index (χ4n) is 13.3. The van der Waals surface area contributed by atoms with Gasteiger partial charge in [0, 0.05) is 73.8 Å². The molecule has 29 heteroatoms. The Balaban J connectivity index is 3.02. The van der Waals surface area contributed by atoms with E-state index in [4.69, 9.17) is 4.74 Å². The first kappa shape index (κ1) is 95.7. The molecule has 0 bridgehead atoms. The Bertz CT molecular complexity index is 3120. The number of methoxy groups -OCH3 is 1. The molecule has 0 aliphatic carbocycles. The van der Waals surface area contributed by atoms with E-state index >= 15 is 28.8 Å². The number of hydrogen-bond acceptors (Lipinski definition) is 17. The summed E-state index contributed by atoms with van der Waals surface area (Å²) in [4.78, 5) is 199. The fraction of sp³-hybridized carbons (Fsp3) is 0.756. The highest BCUT2D eigenvalue weighted by molar-refractivity contribution is 7.99. The standard InChI is InChI=1S/C78H134N12O16S/c1-25-56-72(99)88(21)61(44-107-38-31-30-37-91)75(102)84(17)58(40-46(4)5)69(96)83-62(49(10)11)76(103)85(18)57(39-45(2)3)68(95)80-52(15)66(93)81-53(16)71(98)86(19)59(41-47(6)7)73(100)87(20)60(42-48(8)9)74(101)89(22)63(50(12)13)77(104)90(23)64(70(97)82-56)65(92)51(14)33-28-26-27-29-36-79-67(94)54-34-32-35-55(43-54)78(105)106-24/h32,34-35,43,45-53,56-65,91-92H,25-31,33,36-42,44H2,1-24H3,(H,79,94)(H,80,95)(H,81,93)(H,82,97)(H,83,96)/t51-,52-,53+,56-,57-,58+,59+,60-,61-,62-,63-,64+,65-/m1/s1. The molecule has 0 unspecified atom stereocenters. The van der Waals surface area contributed by atoms with Crippen molar-refractivity contribution in [3.05, 3.63) is 35.4 Å². The Morgan fingerprint density at radius 2 is 0.953 bits per heavy atom. The lowest BCUT2D eigenvalue weighted by Crippen LogP contribution is -2.64. The van der Waals surface area contributed by atoms with Gasteiger partial charge in [0.05, 0.1) is 18.8 Å². The van der Waals surface area contributed by atoms with Crippen molar-refractivity contribution in [1.29, 1.82) is 0 Å². The number of esters is 1. The molecule has 1 aromatic rings. The van der Waals surface area contributed by atoms with Crippen molar-refractivity contribution < 1.29 is 77.3 Å². The van der Waals surface area contributed by atoms with Gasteiger partial charge in [0.2, 0.25) is 65.0 Å². The number of benzene rings is 1. The summed E-state index contributed by atoms with van der Waals surface area (Å²) in [5.74, 6) is -10.9. The maximum atomic E-state index is 15.6. The number of likely N-dealkylation sites (N-methyl/N-ethyl adjacent to an activating group) is 7. The van der Waals surface area contributed by atoms with Crippen LogP contribution in [-0.4, -0.2) is 275 Å². The first-order valence-corrected chi connectivity index (χ1v) is 39.5. The molecule has 0 radical (unpaired) electrons. The van der Waals surface area contributed by atoms with Crippen molar-refractivity contribution in [2.75, 3.05) is 81.1 Å². The van der Waals surface area contributed by atoms with Crippen LogP contribution in [0.4, 0.5) is 0 Å². The van der Waals surface area contributed by atoms with Crippen molar-refractivity contribution >= 4 is 88.6 Å². The molecule has 2 rings (SSSR count). The first-order chi connectivity index (χ1) is 49.9. The van der Waals surface area contributed by atoms with E-state index in [1.165, 1.54) is 118 Å². The lowest BCUT2D eigenvalue weighted by atomic mass is 9.90. The summed E-state index contributed by atoms with van der Waals surface area (Å²) in [6.45, 7) is 28.2. The van der Waals surface area contributed by atoms with Gasteiger partial charge in [-0.1, -0.05) is 122 Å². The molecule has 0 aromatic heterocycles. The lowest BCUT2D eigenvalue weighted by molar-refractivity contribution is -0.157. The van der Waals surface area contributed by atoms with Crippen LogP contribution in [0.15, 0.2) is 24.3 Å². The Hall–Kier alpha value is -7.40. The van der Waals surface area contributed by atoms with Crippen LogP contribution in [0.5, 0.6) is 0 Å². The predicted molar refractivity (Wildman–Crippen MR) is 415 cm³/mol. The van der Waals surface area contributed by atoms with Gasteiger partial charge in [0.1, 0.15) is 66.5 Å². The second-order valence-corrected chi connectivity index (χ2v) is 32.7. The van der Waals surface area contributed by atoms with E-state index in [9.17, 15) is 43.8 Å². The largest absolute Gasteiger partial charge is 0.465 e. The normalized spacial score (nSPS) is 24.3. The van der Waals surface area contributed by atoms with Crippen LogP contribution in [0.25, 0.3) is 0 Å². The molecule has 12 amide bonds. The van der Waals surface area contributed by atoms with Crippen LogP contribution < -0.4 is 26.6 Å². The molecular weight excluding hydrogens is 1390 g/mol. The highest BCUT2D eigenvalue weighted by Crippen LogP contribution is 2.27. The van der Waals surface area contributed by atoms with Gasteiger partial charge < -0.3 is 75.8 Å². The molecule has 0 saturated carbocycles. The fourth-order valence-corrected chi connectivity index (χ4v) is 14.5. The number of thioether (sulfide) groups is 1. The number of nitrogens with one attached hydrogen (secondary N) is 5. The Morgan fingerprint density at radius 3 is 1.47 bits per heavy atom. The predicted octanol–water partition coefficient (Wildman–Crippen LogP) is 5.34. The number of unbranched alkanes of at least 4 members (excludes halogenated alkanes) is 4. The summed E-state index contributed by atoms with van der Waals surface area (Å²) in [5.41, 5.74) is 0.525. The molecule has 608 valence electrons. The van der Waals surface area contributed by atoms with Gasteiger partial charge in [-0.2, -0.15) is 11.8 Å². The molecule has 13 atom stereocenters.